The van der Waals surface area contributed by atoms with E-state index in [-0.39, 0.29) is 88.3 Å². The second kappa shape index (κ2) is 50.0. The summed E-state index contributed by atoms with van der Waals surface area (Å²) in [5.41, 5.74) is 14.4. The van der Waals surface area contributed by atoms with Gasteiger partial charge in [-0.05, 0) is 96.3 Å². The van der Waals surface area contributed by atoms with Gasteiger partial charge in [0.15, 0.2) is 0 Å². The number of nitrogens with two attached hydrogens (primary N) is 2. The normalized spacial score (nSPS) is 24.2. The summed E-state index contributed by atoms with van der Waals surface area (Å²) in [6.07, 6.45) is -3.57. The predicted octanol–water partition coefficient (Wildman–Crippen LogP) is -0.565. The number of likely N-dealkylation sites (N-methyl/N-ethyl adjacent to an activating group) is 3. The quantitative estimate of drug-likeness (QED) is 0.0341. The van der Waals surface area contributed by atoms with Gasteiger partial charge in [0.25, 0.3) is 0 Å². The van der Waals surface area contributed by atoms with Crippen molar-refractivity contribution >= 4 is 135 Å². The first kappa shape index (κ1) is 104. The van der Waals surface area contributed by atoms with Gasteiger partial charge in [-0.25, -0.2) is 0 Å². The number of thioether (sulfide) groups is 1. The highest BCUT2D eigenvalue weighted by Crippen LogP contribution is 2.28. The van der Waals surface area contributed by atoms with Gasteiger partial charge < -0.3 is 115 Å². The molecular weight excluding hydrogens is 1760 g/mol. The van der Waals surface area contributed by atoms with Gasteiger partial charge in [0.2, 0.25) is 88.6 Å². The van der Waals surface area contributed by atoms with Crippen molar-refractivity contribution in [2.45, 2.75) is 195 Å². The molecule has 3 fully saturated rings. The van der Waals surface area contributed by atoms with Crippen molar-refractivity contribution in [2.24, 2.45) is 17.4 Å². The van der Waals surface area contributed by atoms with Crippen LogP contribution in [0.4, 0.5) is 0 Å². The number of rotatable bonds is 25. The second-order valence-electron chi connectivity index (χ2n) is 33.7. The molecule has 0 spiro atoms. The number of carboxylic acid groups (broad SMARTS) is 2. The molecule has 3 aliphatic rings. The highest BCUT2D eigenvalue weighted by Gasteiger charge is 2.48. The summed E-state index contributed by atoms with van der Waals surface area (Å²) in [6, 6.07) is 14.5. The van der Waals surface area contributed by atoms with Gasteiger partial charge in [-0.15, -0.1) is 11.8 Å². The number of para-hydroxylation sites is 1. The van der Waals surface area contributed by atoms with Crippen LogP contribution >= 0.6 is 23.4 Å². The molecule has 3 aliphatic heterocycles. The monoisotopic (exact) mass is 1880 g/mol. The van der Waals surface area contributed by atoms with Crippen LogP contribution in [0.1, 0.15) is 106 Å². The lowest BCUT2D eigenvalue weighted by Crippen LogP contribution is -2.65. The molecule has 4 heterocycles. The fourth-order valence-electron chi connectivity index (χ4n) is 16.2. The second-order valence-corrected chi connectivity index (χ2v) is 35.2. The SMILES string of the molecule is CCCC[C@H]1C(=O)N2C[C@H](O)C[C@@H]2C(=O)N[C@@H](CC(=O)O)C(=O)N[C@@H](C(C)C)C(=O)N(C)[C@@H](Cc2ccccc2)C(=O)N[C@@H](CCC(=O)O)C(=O)N2CCNC[C@@H]2C(=O)N[C@@H](Cc2c[nH]c3ccccc23)C(=O)N[C@@H](Cc2ccc(O)cc2)C(=O)N[C@@H](CCCN)C(=O)N[C@H](C(=O)NCC(N)=O)CSCC(=O)N[C@@H](Cc2cccc(Cl)c2)C(=O)N(C)[C@@H](Cc2ccccc2)C(=O)N1C. The minimum Gasteiger partial charge on any atom is -0.508 e. The number of aliphatic hydroxyl groups is 1. The molecule has 133 heavy (non-hydrogen) atoms. The molecule has 716 valence electrons. The van der Waals surface area contributed by atoms with Crippen LogP contribution in [0.5, 0.6) is 5.75 Å². The largest absolute Gasteiger partial charge is 0.508 e. The number of piperazine rings is 1. The van der Waals surface area contributed by atoms with Crippen LogP contribution in [-0.2, 0) is 114 Å². The molecule has 0 saturated carbocycles. The molecule has 0 radical (unpaired) electrons. The van der Waals surface area contributed by atoms with Crippen LogP contribution in [0.2, 0.25) is 5.02 Å². The molecule has 41 heteroatoms. The number of amides is 15. The van der Waals surface area contributed by atoms with Crippen molar-refractivity contribution in [1.29, 1.82) is 0 Å². The number of phenols is 1. The average molecular weight is 1880 g/mol. The van der Waals surface area contributed by atoms with Crippen LogP contribution in [0.15, 0.2) is 140 Å². The van der Waals surface area contributed by atoms with E-state index in [1.165, 1.54) is 59.3 Å². The Hall–Kier alpha value is -13.1. The summed E-state index contributed by atoms with van der Waals surface area (Å²) >= 11 is 7.28. The first-order valence-electron chi connectivity index (χ1n) is 44.1. The van der Waals surface area contributed by atoms with E-state index in [1.54, 1.807) is 115 Å². The van der Waals surface area contributed by atoms with E-state index in [2.05, 4.69) is 58.2 Å². The summed E-state index contributed by atoms with van der Waals surface area (Å²) in [5.74, 6) is -19.7. The molecule has 3 saturated heterocycles. The maximum atomic E-state index is 15.7. The number of H-pyrrole nitrogens is 1. The van der Waals surface area contributed by atoms with E-state index in [1.807, 2.05) is 6.92 Å². The number of nitrogens with one attached hydrogen (secondary N) is 11. The number of aromatic nitrogens is 1. The number of primary amides is 1. The van der Waals surface area contributed by atoms with Gasteiger partial charge in [-0.2, -0.15) is 0 Å². The van der Waals surface area contributed by atoms with Crippen molar-refractivity contribution in [3.63, 3.8) is 0 Å². The number of nitrogens with zero attached hydrogens (tertiary/aromatic N) is 5. The lowest BCUT2D eigenvalue weighted by Gasteiger charge is -2.38. The van der Waals surface area contributed by atoms with Gasteiger partial charge in [0, 0.05) is 120 Å². The molecule has 9 rings (SSSR count). The van der Waals surface area contributed by atoms with Crippen LogP contribution in [0.25, 0.3) is 10.9 Å². The zero-order valence-electron chi connectivity index (χ0n) is 74.9. The Labute approximate surface area is 778 Å². The highest BCUT2D eigenvalue weighted by molar-refractivity contribution is 8.00. The predicted molar refractivity (Wildman–Crippen MR) is 490 cm³/mol. The zero-order valence-corrected chi connectivity index (χ0v) is 76.5. The minimum absolute atomic E-state index is 0.0369. The summed E-state index contributed by atoms with van der Waals surface area (Å²) < 4.78 is 0. The lowest BCUT2D eigenvalue weighted by molar-refractivity contribution is -0.152. The average Bonchev–Trinajstić information content (AvgIpc) is 1.74. The molecule has 15 amide bonds. The van der Waals surface area contributed by atoms with Crippen molar-refractivity contribution in [3.8, 4) is 5.75 Å². The highest BCUT2D eigenvalue weighted by atomic mass is 35.5. The topological polar surface area (TPSA) is 575 Å². The number of unbranched alkanes of at least 4 members (excludes halogenated alkanes) is 1. The summed E-state index contributed by atoms with van der Waals surface area (Å²) in [4.78, 5) is 259. The Morgan fingerprint density at radius 3 is 1.75 bits per heavy atom. The summed E-state index contributed by atoms with van der Waals surface area (Å²) in [6.45, 7) is 3.06. The van der Waals surface area contributed by atoms with Crippen LogP contribution in [0.3, 0.4) is 0 Å². The van der Waals surface area contributed by atoms with Crippen molar-refractivity contribution in [2.75, 3.05) is 71.9 Å². The van der Waals surface area contributed by atoms with Crippen LogP contribution in [-0.4, -0.2) is 307 Å². The molecule has 1 aromatic heterocycles. The van der Waals surface area contributed by atoms with Gasteiger partial charge >= 0.3 is 11.9 Å². The third kappa shape index (κ3) is 29.7. The van der Waals surface area contributed by atoms with E-state index in [0.717, 1.165) is 36.3 Å². The van der Waals surface area contributed by atoms with Gasteiger partial charge in [0.1, 0.15) is 84.3 Å². The molecule has 5 aromatic carbocycles. The number of carboxylic acids is 2. The number of carbonyl (C=O) groups excluding carboxylic acids is 15. The fourth-order valence-corrected chi connectivity index (χ4v) is 17.3. The third-order valence-electron chi connectivity index (χ3n) is 23.5. The number of fused-ring (bicyclic) bond motifs is 3. The standard InChI is InChI=1S/C92H119ClN18O21S/c1-7-8-28-70-91(131)111-49-60(113)44-72(111)86(126)104-67(45-78(118)119)84(124)106-79(52(2)3)92(132)108(5)71(41-53-19-11-9-12-20-53)85(125)101-64(33-34-77(116)117)89(129)110-37-36-96-47-74(110)87(127)103-66(43-57-46-97-62-26-16-15-25-61(57)62)83(123)102-65(39-55-29-31-59(112)32-30-55)82(122)100-63(27-18-35-94)81(121)105-69(80(120)98-48-75(95)114)50-133-51-76(115)99-68(40-56-23-17-24-58(93)38-56)88(128)109(6)73(90(130)107(70)4)42-54-21-13-10-14-22-54/h9-17,19-26,29-32,38,46,52,60,63-74,79,96-97,112-113H,7-8,18,27-28,33-37,39-45,47-51,94H2,1-6H3,(H2,95,114)(H,98,120)(H,99,115)(H,100,122)(H,101,125)(H,102,123)(H,103,127)(H,104,126)(H,105,121)(H,106,124)(H,116,117)(H,118,119)/t60-,63+,64+,65+,66+,67+,68+,69+,70+,71+,72-,73+,74-,79+/m1/s1. The number of hydrogen-bond donors (Lipinski definition) is 17. The van der Waals surface area contributed by atoms with Crippen molar-refractivity contribution < 1.29 is 102 Å². The summed E-state index contributed by atoms with van der Waals surface area (Å²) in [5, 5.41) is 70.0. The Morgan fingerprint density at radius 1 is 0.541 bits per heavy atom. The van der Waals surface area contributed by atoms with Gasteiger partial charge in [0.05, 0.1) is 24.8 Å². The number of aliphatic hydroxyl groups excluding tert-OH is 1. The smallest absolute Gasteiger partial charge is 0.305 e. The number of phenolic OH excluding ortho intramolecular Hbond substituents is 1. The van der Waals surface area contributed by atoms with Gasteiger partial charge in [-0.1, -0.05) is 148 Å². The lowest BCUT2D eigenvalue weighted by atomic mass is 9.98. The minimum atomic E-state index is -2.02. The number of aliphatic carboxylic acids is 2. The van der Waals surface area contributed by atoms with E-state index in [0.29, 0.717) is 51.6 Å². The molecule has 0 unspecified atom stereocenters. The van der Waals surface area contributed by atoms with Crippen LogP contribution in [0, 0.1) is 5.92 Å². The Morgan fingerprint density at radius 2 is 1.11 bits per heavy atom. The number of carbonyl (C=O) groups is 17. The molecule has 0 bridgehead atoms. The third-order valence-corrected chi connectivity index (χ3v) is 24.8. The molecule has 6 aromatic rings. The molecule has 14 atom stereocenters. The number of aromatic hydroxyl groups is 1. The molecule has 0 aliphatic carbocycles. The maximum absolute atomic E-state index is 15.7. The maximum Gasteiger partial charge on any atom is 0.305 e. The van der Waals surface area contributed by atoms with Gasteiger partial charge in [-0.3, -0.25) is 81.5 Å². The van der Waals surface area contributed by atoms with Crippen molar-refractivity contribution in [1.82, 2.24) is 82.7 Å². The zero-order chi connectivity index (χ0) is 96.9. The van der Waals surface area contributed by atoms with Crippen molar-refractivity contribution in [3.05, 3.63) is 172 Å². The Kier molecular flexibility index (Phi) is 39.0. The number of benzene rings is 5. The van der Waals surface area contributed by atoms with E-state index < -0.39 is 241 Å². The number of hydrogen-bond acceptors (Lipinski definition) is 22. The number of aromatic amines is 1. The van der Waals surface area contributed by atoms with E-state index >= 15 is 43.2 Å². The summed E-state index contributed by atoms with van der Waals surface area (Å²) in [7, 11) is 3.87. The molecular formula is C92H119ClN18O21S. The van der Waals surface area contributed by atoms with E-state index in [9.17, 15) is 58.8 Å². The first-order valence-corrected chi connectivity index (χ1v) is 45.6. The molecule has 19 N–H and O–H groups in total. The fraction of sp³-hybridized carbons (Fsp3) is 0.467. The number of halogens is 1. The molecule has 39 nitrogen and oxygen atoms in total. The van der Waals surface area contributed by atoms with Crippen LogP contribution < -0.4 is 64.6 Å². The Bertz CT molecular complexity index is 5130. The Balaban J connectivity index is 1.14. The van der Waals surface area contributed by atoms with E-state index in [4.69, 9.17) is 23.1 Å². The first-order chi connectivity index (χ1) is 63.4.